The van der Waals surface area contributed by atoms with Crippen LogP contribution in [0.3, 0.4) is 0 Å². The topological polar surface area (TPSA) is 40.5 Å². The summed E-state index contributed by atoms with van der Waals surface area (Å²) in [5.74, 6) is 5.90. The number of hydrogen-bond acceptors (Lipinski definition) is 3. The van der Waals surface area contributed by atoms with Crippen molar-refractivity contribution in [2.24, 2.45) is 0 Å². The van der Waals surface area contributed by atoms with Gasteiger partial charge in [-0.25, -0.2) is 0 Å². The van der Waals surface area contributed by atoms with E-state index in [4.69, 9.17) is 5.11 Å². The van der Waals surface area contributed by atoms with Gasteiger partial charge in [0.05, 0.1) is 11.5 Å². The fourth-order valence-electron chi connectivity index (χ4n) is 1.11. The van der Waals surface area contributed by atoms with Crippen molar-refractivity contribution in [3.05, 3.63) is 21.9 Å². The van der Waals surface area contributed by atoms with E-state index in [1.54, 1.807) is 30.2 Å². The number of hydrogen-bond donors (Lipinski definition) is 1. The van der Waals surface area contributed by atoms with Gasteiger partial charge in [0.25, 0.3) is 0 Å². The van der Waals surface area contributed by atoms with Crippen LogP contribution in [0.5, 0.6) is 0 Å². The molecule has 0 atom stereocenters. The van der Waals surface area contributed by atoms with Crippen LogP contribution < -0.4 is 0 Å². The largest absolute Gasteiger partial charge is 0.395 e. The molecular formula is C12H15NO2S. The summed E-state index contributed by atoms with van der Waals surface area (Å²) in [6.07, 6.45) is 0.501. The van der Waals surface area contributed by atoms with Crippen LogP contribution in [0.1, 0.15) is 23.8 Å². The summed E-state index contributed by atoms with van der Waals surface area (Å²) >= 11 is 1.56. The third-order valence-corrected chi connectivity index (χ3v) is 2.95. The Bertz CT molecular complexity index is 414. The SMILES string of the molecule is CC(=O)N(C)Cc1csc(C#CCCO)c1. The normalized spacial score (nSPS) is 9.44. The number of carbonyl (C=O) groups excluding carboxylic acids is 1. The highest BCUT2D eigenvalue weighted by Gasteiger charge is 2.04. The molecule has 0 radical (unpaired) electrons. The molecule has 0 fully saturated rings. The van der Waals surface area contributed by atoms with Gasteiger partial charge in [-0.3, -0.25) is 4.79 Å². The Hall–Kier alpha value is -1.31. The average molecular weight is 237 g/mol. The number of nitrogens with zero attached hydrogens (tertiary/aromatic N) is 1. The Morgan fingerprint density at radius 2 is 2.38 bits per heavy atom. The molecule has 16 heavy (non-hydrogen) atoms. The van der Waals surface area contributed by atoms with Gasteiger partial charge in [-0.05, 0) is 17.0 Å². The Morgan fingerprint density at radius 1 is 1.62 bits per heavy atom. The molecule has 1 rings (SSSR count). The predicted molar refractivity (Wildman–Crippen MR) is 65.0 cm³/mol. The van der Waals surface area contributed by atoms with Crippen LogP contribution in [-0.2, 0) is 11.3 Å². The number of aliphatic hydroxyl groups is 1. The summed E-state index contributed by atoms with van der Waals surface area (Å²) in [7, 11) is 1.77. The molecule has 4 heteroatoms. The molecule has 3 nitrogen and oxygen atoms in total. The lowest BCUT2D eigenvalue weighted by atomic mass is 10.3. The summed E-state index contributed by atoms with van der Waals surface area (Å²) < 4.78 is 0. The number of amides is 1. The van der Waals surface area contributed by atoms with Crippen molar-refractivity contribution in [3.63, 3.8) is 0 Å². The molecule has 0 saturated carbocycles. The van der Waals surface area contributed by atoms with Crippen molar-refractivity contribution in [2.45, 2.75) is 19.9 Å². The second kappa shape index (κ2) is 6.31. The fraction of sp³-hybridized carbons (Fsp3) is 0.417. The van der Waals surface area contributed by atoms with Gasteiger partial charge in [0, 0.05) is 26.9 Å². The third-order valence-electron chi connectivity index (χ3n) is 2.06. The van der Waals surface area contributed by atoms with E-state index in [0.717, 1.165) is 10.4 Å². The van der Waals surface area contributed by atoms with Crippen LogP contribution >= 0.6 is 11.3 Å². The average Bonchev–Trinajstić information content (AvgIpc) is 2.66. The Balaban J connectivity index is 2.59. The van der Waals surface area contributed by atoms with Crippen molar-refractivity contribution in [2.75, 3.05) is 13.7 Å². The van der Waals surface area contributed by atoms with Gasteiger partial charge in [0.2, 0.25) is 5.91 Å². The van der Waals surface area contributed by atoms with E-state index >= 15 is 0 Å². The Morgan fingerprint density at radius 3 is 3.00 bits per heavy atom. The maximum Gasteiger partial charge on any atom is 0.219 e. The van der Waals surface area contributed by atoms with E-state index in [1.165, 1.54) is 0 Å². The maximum atomic E-state index is 11.0. The minimum Gasteiger partial charge on any atom is -0.395 e. The minimum atomic E-state index is 0.0547. The van der Waals surface area contributed by atoms with E-state index in [2.05, 4.69) is 11.8 Å². The Labute approximate surface area is 99.7 Å². The highest BCUT2D eigenvalue weighted by molar-refractivity contribution is 7.10. The van der Waals surface area contributed by atoms with Crippen LogP contribution in [0.25, 0.3) is 0 Å². The highest BCUT2D eigenvalue weighted by Crippen LogP contribution is 2.15. The lowest BCUT2D eigenvalue weighted by molar-refractivity contribution is -0.128. The zero-order valence-corrected chi connectivity index (χ0v) is 10.3. The molecule has 0 saturated heterocycles. The van der Waals surface area contributed by atoms with E-state index in [-0.39, 0.29) is 12.5 Å². The molecule has 1 N–H and O–H groups in total. The fourth-order valence-corrected chi connectivity index (χ4v) is 1.89. The standard InChI is InChI=1S/C12H15NO2S/c1-10(15)13(2)8-11-7-12(16-9-11)5-3-4-6-14/h7,9,14H,4,6,8H2,1-2H3. The predicted octanol–water partition coefficient (Wildman–Crippen LogP) is 1.46. The van der Waals surface area contributed by atoms with Gasteiger partial charge in [0.15, 0.2) is 0 Å². The molecule has 0 aliphatic heterocycles. The van der Waals surface area contributed by atoms with Gasteiger partial charge >= 0.3 is 0 Å². The zero-order chi connectivity index (χ0) is 12.0. The summed E-state index contributed by atoms with van der Waals surface area (Å²) in [5, 5.41) is 10.6. The zero-order valence-electron chi connectivity index (χ0n) is 9.49. The molecule has 1 aromatic heterocycles. The quantitative estimate of drug-likeness (QED) is 0.809. The Kier molecular flexibility index (Phi) is 5.03. The summed E-state index contributed by atoms with van der Waals surface area (Å²) in [4.78, 5) is 13.7. The van der Waals surface area contributed by atoms with Gasteiger partial charge < -0.3 is 10.0 Å². The molecule has 0 aliphatic rings. The van der Waals surface area contributed by atoms with Crippen LogP contribution in [0.4, 0.5) is 0 Å². The molecule has 0 spiro atoms. The third kappa shape index (κ3) is 4.05. The first kappa shape index (κ1) is 12.8. The number of aliphatic hydroxyl groups excluding tert-OH is 1. The molecule has 86 valence electrons. The first-order valence-electron chi connectivity index (χ1n) is 5.02. The summed E-state index contributed by atoms with van der Waals surface area (Å²) in [6.45, 7) is 2.26. The van der Waals surface area contributed by atoms with Crippen molar-refractivity contribution < 1.29 is 9.90 Å². The van der Waals surface area contributed by atoms with Gasteiger partial charge in [-0.2, -0.15) is 0 Å². The lowest BCUT2D eigenvalue weighted by Crippen LogP contribution is -2.22. The second-order valence-electron chi connectivity index (χ2n) is 3.47. The first-order valence-corrected chi connectivity index (χ1v) is 5.90. The van der Waals surface area contributed by atoms with Gasteiger partial charge in [0.1, 0.15) is 0 Å². The molecule has 1 aromatic rings. The number of thiophene rings is 1. The van der Waals surface area contributed by atoms with Crippen LogP contribution in [-0.4, -0.2) is 29.6 Å². The van der Waals surface area contributed by atoms with Crippen molar-refractivity contribution >= 4 is 17.2 Å². The van der Waals surface area contributed by atoms with Crippen molar-refractivity contribution in [1.82, 2.24) is 4.90 Å². The monoisotopic (exact) mass is 237 g/mol. The molecule has 0 bridgehead atoms. The van der Waals surface area contributed by atoms with Gasteiger partial charge in [-0.1, -0.05) is 11.8 Å². The summed E-state index contributed by atoms with van der Waals surface area (Å²) in [5.41, 5.74) is 1.09. The van der Waals surface area contributed by atoms with Gasteiger partial charge in [-0.15, -0.1) is 11.3 Å². The van der Waals surface area contributed by atoms with E-state index in [9.17, 15) is 4.79 Å². The van der Waals surface area contributed by atoms with Crippen molar-refractivity contribution in [1.29, 1.82) is 0 Å². The number of carbonyl (C=O) groups is 1. The van der Waals surface area contributed by atoms with E-state index < -0.39 is 0 Å². The summed E-state index contributed by atoms with van der Waals surface area (Å²) in [6, 6.07) is 1.98. The van der Waals surface area contributed by atoms with E-state index in [0.29, 0.717) is 13.0 Å². The lowest BCUT2D eigenvalue weighted by Gasteiger charge is -2.12. The molecule has 1 amide bonds. The molecule has 0 aliphatic carbocycles. The van der Waals surface area contributed by atoms with Crippen LogP contribution in [0.2, 0.25) is 0 Å². The van der Waals surface area contributed by atoms with Crippen LogP contribution in [0, 0.1) is 11.8 Å². The number of rotatable bonds is 3. The smallest absolute Gasteiger partial charge is 0.219 e. The van der Waals surface area contributed by atoms with Crippen LogP contribution in [0.15, 0.2) is 11.4 Å². The second-order valence-corrected chi connectivity index (χ2v) is 4.38. The maximum absolute atomic E-state index is 11.0. The van der Waals surface area contributed by atoms with E-state index in [1.807, 2.05) is 11.4 Å². The highest BCUT2D eigenvalue weighted by atomic mass is 32.1. The molecule has 0 aromatic carbocycles. The molecule has 1 heterocycles. The molecular weight excluding hydrogens is 222 g/mol. The molecule has 0 unspecified atom stereocenters. The minimum absolute atomic E-state index is 0.0547. The first-order chi connectivity index (χ1) is 7.63. The van der Waals surface area contributed by atoms with Crippen molar-refractivity contribution in [3.8, 4) is 11.8 Å².